The lowest BCUT2D eigenvalue weighted by Crippen LogP contribution is -2.27. The molecule has 2 aromatic rings. The first-order valence-electron chi connectivity index (χ1n) is 9.58. The number of carbonyl (C=O) groups is 3. The van der Waals surface area contributed by atoms with Crippen LogP contribution in [0.1, 0.15) is 23.2 Å². The summed E-state index contributed by atoms with van der Waals surface area (Å²) in [5.41, 5.74) is 1.07. The zero-order valence-electron chi connectivity index (χ0n) is 17.0. The standard InChI is InChI=1S/C22H24N2O6/c1-24(2)22(27)14-30-17-6-4-16(5-7-17)23-21(26)10-8-18(25)15-3-9-19-20(13-15)29-12-11-28-19/h3-7,9,13H,8,10-12,14H2,1-2H3,(H,23,26). The predicted octanol–water partition coefficient (Wildman–Crippen LogP) is 2.53. The molecule has 0 saturated heterocycles. The molecule has 1 heterocycles. The van der Waals surface area contributed by atoms with E-state index in [-0.39, 0.29) is 37.0 Å². The molecule has 8 heteroatoms. The van der Waals surface area contributed by atoms with Crippen molar-refractivity contribution in [3.8, 4) is 17.2 Å². The fraction of sp³-hybridized carbons (Fsp3) is 0.318. The third kappa shape index (κ3) is 5.73. The van der Waals surface area contributed by atoms with Crippen molar-refractivity contribution < 1.29 is 28.6 Å². The number of ether oxygens (including phenoxy) is 3. The Morgan fingerprint density at radius 2 is 1.67 bits per heavy atom. The zero-order valence-corrected chi connectivity index (χ0v) is 17.0. The van der Waals surface area contributed by atoms with Crippen molar-refractivity contribution >= 4 is 23.3 Å². The maximum Gasteiger partial charge on any atom is 0.259 e. The molecule has 0 radical (unpaired) electrons. The van der Waals surface area contributed by atoms with Crippen molar-refractivity contribution in [2.45, 2.75) is 12.8 Å². The molecule has 2 aromatic carbocycles. The lowest BCUT2D eigenvalue weighted by Gasteiger charge is -2.18. The highest BCUT2D eigenvalue weighted by atomic mass is 16.6. The van der Waals surface area contributed by atoms with E-state index in [1.807, 2.05) is 0 Å². The monoisotopic (exact) mass is 412 g/mol. The van der Waals surface area contributed by atoms with Gasteiger partial charge in [0.15, 0.2) is 23.9 Å². The smallest absolute Gasteiger partial charge is 0.259 e. The number of likely N-dealkylation sites (N-methyl/N-ethyl adjacent to an activating group) is 1. The second-order valence-electron chi connectivity index (χ2n) is 6.93. The molecule has 0 aromatic heterocycles. The maximum absolute atomic E-state index is 12.4. The third-order valence-electron chi connectivity index (χ3n) is 4.44. The van der Waals surface area contributed by atoms with Gasteiger partial charge in [0.05, 0.1) is 0 Å². The molecule has 158 valence electrons. The van der Waals surface area contributed by atoms with E-state index in [1.54, 1.807) is 56.6 Å². The molecular formula is C22H24N2O6. The van der Waals surface area contributed by atoms with Gasteiger partial charge in [0, 0.05) is 38.2 Å². The van der Waals surface area contributed by atoms with Gasteiger partial charge in [-0.3, -0.25) is 14.4 Å². The lowest BCUT2D eigenvalue weighted by atomic mass is 10.1. The summed E-state index contributed by atoms with van der Waals surface area (Å²) in [5.74, 6) is 1.14. The van der Waals surface area contributed by atoms with Gasteiger partial charge in [-0.25, -0.2) is 0 Å². The summed E-state index contributed by atoms with van der Waals surface area (Å²) in [6, 6.07) is 11.7. The van der Waals surface area contributed by atoms with Crippen molar-refractivity contribution in [3.63, 3.8) is 0 Å². The van der Waals surface area contributed by atoms with Crippen molar-refractivity contribution in [1.29, 1.82) is 0 Å². The minimum atomic E-state index is -0.266. The van der Waals surface area contributed by atoms with E-state index in [0.29, 0.717) is 41.7 Å². The highest BCUT2D eigenvalue weighted by Gasteiger charge is 2.16. The topological polar surface area (TPSA) is 94.2 Å². The van der Waals surface area contributed by atoms with Crippen LogP contribution in [0.2, 0.25) is 0 Å². The van der Waals surface area contributed by atoms with E-state index in [2.05, 4.69) is 5.32 Å². The largest absolute Gasteiger partial charge is 0.486 e. The quantitative estimate of drug-likeness (QED) is 0.670. The minimum Gasteiger partial charge on any atom is -0.486 e. The van der Waals surface area contributed by atoms with Crippen LogP contribution in [0.25, 0.3) is 0 Å². The molecule has 0 aliphatic carbocycles. The number of amides is 2. The second kappa shape index (κ2) is 9.78. The van der Waals surface area contributed by atoms with Gasteiger partial charge in [0.25, 0.3) is 5.91 Å². The van der Waals surface area contributed by atoms with E-state index in [0.717, 1.165) is 0 Å². The van der Waals surface area contributed by atoms with Gasteiger partial charge < -0.3 is 24.4 Å². The average Bonchev–Trinajstić information content (AvgIpc) is 2.76. The summed E-state index contributed by atoms with van der Waals surface area (Å²) < 4.78 is 16.3. The van der Waals surface area contributed by atoms with Crippen LogP contribution in [-0.2, 0) is 9.59 Å². The first kappa shape index (κ1) is 21.2. The molecular weight excluding hydrogens is 388 g/mol. The van der Waals surface area contributed by atoms with Gasteiger partial charge >= 0.3 is 0 Å². The molecule has 30 heavy (non-hydrogen) atoms. The summed E-state index contributed by atoms with van der Waals surface area (Å²) in [6.07, 6.45) is 0.141. The Hall–Kier alpha value is -3.55. The van der Waals surface area contributed by atoms with Gasteiger partial charge in [-0.15, -0.1) is 0 Å². The van der Waals surface area contributed by atoms with Crippen LogP contribution in [0.4, 0.5) is 5.69 Å². The van der Waals surface area contributed by atoms with Crippen molar-refractivity contribution in [1.82, 2.24) is 4.90 Å². The molecule has 8 nitrogen and oxygen atoms in total. The molecule has 0 saturated carbocycles. The molecule has 1 aliphatic heterocycles. The summed E-state index contributed by atoms with van der Waals surface area (Å²) >= 11 is 0. The molecule has 0 fully saturated rings. The number of nitrogens with zero attached hydrogens (tertiary/aromatic N) is 1. The summed E-state index contributed by atoms with van der Waals surface area (Å²) in [6.45, 7) is 0.880. The maximum atomic E-state index is 12.4. The Balaban J connectivity index is 1.46. The lowest BCUT2D eigenvalue weighted by molar-refractivity contribution is -0.130. The van der Waals surface area contributed by atoms with E-state index >= 15 is 0 Å². The van der Waals surface area contributed by atoms with Gasteiger partial charge in [-0.05, 0) is 42.5 Å². The molecule has 2 amide bonds. The van der Waals surface area contributed by atoms with Crippen LogP contribution in [0.5, 0.6) is 17.2 Å². The fourth-order valence-electron chi connectivity index (χ4n) is 2.72. The fourth-order valence-corrected chi connectivity index (χ4v) is 2.72. The minimum absolute atomic E-state index is 0.0549. The Labute approximate surface area is 174 Å². The summed E-state index contributed by atoms with van der Waals surface area (Å²) in [7, 11) is 3.31. The van der Waals surface area contributed by atoms with Crippen LogP contribution in [-0.4, -0.2) is 56.4 Å². The van der Waals surface area contributed by atoms with Crippen molar-refractivity contribution in [3.05, 3.63) is 48.0 Å². The van der Waals surface area contributed by atoms with Crippen molar-refractivity contribution in [2.75, 3.05) is 39.2 Å². The number of fused-ring (bicyclic) bond motifs is 1. The van der Waals surface area contributed by atoms with Crippen molar-refractivity contribution in [2.24, 2.45) is 0 Å². The Morgan fingerprint density at radius 3 is 2.37 bits per heavy atom. The zero-order chi connectivity index (χ0) is 21.5. The first-order chi connectivity index (χ1) is 14.4. The predicted molar refractivity (Wildman–Crippen MR) is 110 cm³/mol. The number of ketones is 1. The van der Waals surface area contributed by atoms with Crippen LogP contribution in [0.3, 0.4) is 0 Å². The Morgan fingerprint density at radius 1 is 0.967 bits per heavy atom. The second-order valence-corrected chi connectivity index (χ2v) is 6.93. The van der Waals surface area contributed by atoms with Gasteiger partial charge in [-0.1, -0.05) is 0 Å². The molecule has 0 atom stereocenters. The van der Waals surface area contributed by atoms with Crippen LogP contribution in [0.15, 0.2) is 42.5 Å². The molecule has 1 N–H and O–H groups in total. The van der Waals surface area contributed by atoms with E-state index < -0.39 is 0 Å². The van der Waals surface area contributed by atoms with Crippen LogP contribution in [0, 0.1) is 0 Å². The number of benzene rings is 2. The average molecular weight is 412 g/mol. The highest BCUT2D eigenvalue weighted by Crippen LogP contribution is 2.31. The number of hydrogen-bond donors (Lipinski definition) is 1. The van der Waals surface area contributed by atoms with Crippen LogP contribution < -0.4 is 19.5 Å². The number of anilines is 1. The summed E-state index contributed by atoms with van der Waals surface area (Å²) in [4.78, 5) is 37.5. The number of carbonyl (C=O) groups excluding carboxylic acids is 3. The van der Waals surface area contributed by atoms with Gasteiger partial charge in [0.1, 0.15) is 19.0 Å². The number of Topliss-reactive ketones (excluding diaryl/α,β-unsaturated/α-hetero) is 1. The highest BCUT2D eigenvalue weighted by molar-refractivity contribution is 6.00. The molecule has 1 aliphatic rings. The molecule has 0 unspecified atom stereocenters. The van der Waals surface area contributed by atoms with E-state index in [4.69, 9.17) is 14.2 Å². The molecule has 0 spiro atoms. The van der Waals surface area contributed by atoms with Gasteiger partial charge in [0.2, 0.25) is 5.91 Å². The summed E-state index contributed by atoms with van der Waals surface area (Å²) in [5, 5.41) is 2.74. The third-order valence-corrected chi connectivity index (χ3v) is 4.44. The Kier molecular flexibility index (Phi) is 6.90. The first-order valence-corrected chi connectivity index (χ1v) is 9.58. The van der Waals surface area contributed by atoms with E-state index in [9.17, 15) is 14.4 Å². The van der Waals surface area contributed by atoms with Crippen LogP contribution >= 0.6 is 0 Å². The SMILES string of the molecule is CN(C)C(=O)COc1ccc(NC(=O)CCC(=O)c2ccc3c(c2)OCCO3)cc1. The Bertz CT molecular complexity index is 924. The number of nitrogens with one attached hydrogen (secondary N) is 1. The number of hydrogen-bond acceptors (Lipinski definition) is 6. The molecule has 0 bridgehead atoms. The normalized spacial score (nSPS) is 12.1. The molecule has 3 rings (SSSR count). The van der Waals surface area contributed by atoms with E-state index in [1.165, 1.54) is 4.90 Å². The number of rotatable bonds is 8. The van der Waals surface area contributed by atoms with Gasteiger partial charge in [-0.2, -0.15) is 0 Å².